The molecule has 0 unspecified atom stereocenters. The Kier molecular flexibility index (Phi) is 6.67. The molecule has 1 saturated heterocycles. The van der Waals surface area contributed by atoms with Crippen LogP contribution in [-0.4, -0.2) is 38.1 Å². The van der Waals surface area contributed by atoms with E-state index in [4.69, 9.17) is 0 Å². The molecule has 1 aliphatic heterocycles. The minimum absolute atomic E-state index is 0.00962. The second-order valence-corrected chi connectivity index (χ2v) is 7.74. The number of benzene rings is 1. The molecule has 0 aromatic heterocycles. The van der Waals surface area contributed by atoms with Crippen LogP contribution in [0.15, 0.2) is 24.3 Å². The average molecular weight is 346 g/mol. The molecule has 3 amide bonds. The van der Waals surface area contributed by atoms with E-state index in [1.807, 2.05) is 45.0 Å². The van der Waals surface area contributed by atoms with Gasteiger partial charge >= 0.3 is 6.03 Å². The highest BCUT2D eigenvalue weighted by molar-refractivity contribution is 5.94. The van der Waals surface area contributed by atoms with Gasteiger partial charge in [-0.1, -0.05) is 20.8 Å². The summed E-state index contributed by atoms with van der Waals surface area (Å²) in [6.45, 7) is 8.80. The zero-order valence-electron chi connectivity index (χ0n) is 15.5. The van der Waals surface area contributed by atoms with Crippen molar-refractivity contribution in [3.63, 3.8) is 0 Å². The van der Waals surface area contributed by atoms with Crippen LogP contribution in [0.1, 0.15) is 40.0 Å². The maximum atomic E-state index is 11.9. The summed E-state index contributed by atoms with van der Waals surface area (Å²) in [5.74, 6) is -0.239. The number of carbonyl (C=O) groups is 2. The number of nitrogens with one attached hydrogen (secondary N) is 3. The lowest BCUT2D eigenvalue weighted by Crippen LogP contribution is -2.42. The number of rotatable bonds is 5. The predicted octanol–water partition coefficient (Wildman–Crippen LogP) is 2.96. The van der Waals surface area contributed by atoms with Gasteiger partial charge in [-0.25, -0.2) is 4.79 Å². The van der Waals surface area contributed by atoms with E-state index < -0.39 is 0 Å². The van der Waals surface area contributed by atoms with Gasteiger partial charge in [0, 0.05) is 31.0 Å². The molecular formula is C19H30N4O2. The third-order valence-electron chi connectivity index (χ3n) is 4.06. The van der Waals surface area contributed by atoms with Gasteiger partial charge in [0.15, 0.2) is 0 Å². The number of nitrogens with zero attached hydrogens (tertiary/aromatic N) is 1. The van der Waals surface area contributed by atoms with Crippen LogP contribution in [0.2, 0.25) is 0 Å². The highest BCUT2D eigenvalue weighted by Gasteiger charge is 2.13. The molecule has 6 heteroatoms. The highest BCUT2D eigenvalue weighted by Crippen LogP contribution is 2.21. The number of urea groups is 1. The first-order chi connectivity index (χ1) is 11.8. The zero-order valence-corrected chi connectivity index (χ0v) is 15.5. The number of hydrogen-bond donors (Lipinski definition) is 3. The Balaban J connectivity index is 1.73. The first-order valence-electron chi connectivity index (χ1n) is 9.00. The van der Waals surface area contributed by atoms with E-state index in [0.717, 1.165) is 18.8 Å². The SMILES string of the molecule is CC(C)(C)CNC(=O)NCC(=O)Nc1ccc(N2CCCCC2)cc1. The summed E-state index contributed by atoms with van der Waals surface area (Å²) in [4.78, 5) is 26.0. The molecule has 0 atom stereocenters. The van der Waals surface area contributed by atoms with Gasteiger partial charge in [-0.2, -0.15) is 0 Å². The fraction of sp³-hybridized carbons (Fsp3) is 0.579. The molecule has 25 heavy (non-hydrogen) atoms. The largest absolute Gasteiger partial charge is 0.372 e. The van der Waals surface area contributed by atoms with E-state index in [9.17, 15) is 9.59 Å². The number of anilines is 2. The number of amides is 3. The van der Waals surface area contributed by atoms with Crippen LogP contribution in [0.4, 0.5) is 16.2 Å². The summed E-state index contributed by atoms with van der Waals surface area (Å²) in [6, 6.07) is 7.54. The average Bonchev–Trinajstić information content (AvgIpc) is 2.59. The zero-order chi connectivity index (χ0) is 18.3. The van der Waals surface area contributed by atoms with Crippen molar-refractivity contribution in [1.82, 2.24) is 10.6 Å². The molecule has 3 N–H and O–H groups in total. The van der Waals surface area contributed by atoms with Gasteiger partial charge in [-0.05, 0) is 48.9 Å². The van der Waals surface area contributed by atoms with Gasteiger partial charge in [0.1, 0.15) is 0 Å². The van der Waals surface area contributed by atoms with E-state index in [1.165, 1.54) is 24.9 Å². The van der Waals surface area contributed by atoms with Gasteiger partial charge in [-0.15, -0.1) is 0 Å². The van der Waals surface area contributed by atoms with Crippen molar-refractivity contribution in [1.29, 1.82) is 0 Å². The van der Waals surface area contributed by atoms with Crippen molar-refractivity contribution in [2.75, 3.05) is 36.4 Å². The topological polar surface area (TPSA) is 73.5 Å². The summed E-state index contributed by atoms with van der Waals surface area (Å²) in [6.07, 6.45) is 3.78. The normalized spacial score (nSPS) is 14.8. The Morgan fingerprint density at radius 3 is 2.24 bits per heavy atom. The van der Waals surface area contributed by atoms with Gasteiger partial charge in [0.05, 0.1) is 6.54 Å². The monoisotopic (exact) mass is 346 g/mol. The minimum Gasteiger partial charge on any atom is -0.372 e. The van der Waals surface area contributed by atoms with E-state index in [2.05, 4.69) is 20.9 Å². The van der Waals surface area contributed by atoms with Crippen molar-refractivity contribution in [2.24, 2.45) is 5.41 Å². The molecule has 1 aliphatic rings. The van der Waals surface area contributed by atoms with Crippen LogP contribution < -0.4 is 20.9 Å². The fourth-order valence-electron chi connectivity index (χ4n) is 2.68. The predicted molar refractivity (Wildman–Crippen MR) is 102 cm³/mol. The molecule has 0 saturated carbocycles. The molecule has 1 aromatic carbocycles. The first-order valence-corrected chi connectivity index (χ1v) is 9.00. The third kappa shape index (κ3) is 7.03. The lowest BCUT2D eigenvalue weighted by atomic mass is 9.97. The van der Waals surface area contributed by atoms with Crippen LogP contribution >= 0.6 is 0 Å². The first kappa shape index (κ1) is 19.1. The number of carbonyl (C=O) groups excluding carboxylic acids is 2. The Hall–Kier alpha value is -2.24. The molecular weight excluding hydrogens is 316 g/mol. The van der Waals surface area contributed by atoms with Crippen molar-refractivity contribution in [2.45, 2.75) is 40.0 Å². The molecule has 1 aromatic rings. The van der Waals surface area contributed by atoms with Crippen LogP contribution in [0.25, 0.3) is 0 Å². The Bertz CT molecular complexity index is 572. The highest BCUT2D eigenvalue weighted by atomic mass is 16.2. The fourth-order valence-corrected chi connectivity index (χ4v) is 2.68. The molecule has 0 aliphatic carbocycles. The van der Waals surface area contributed by atoms with Crippen molar-refractivity contribution in [3.8, 4) is 0 Å². The van der Waals surface area contributed by atoms with Crippen LogP contribution in [0, 0.1) is 5.41 Å². The summed E-state index contributed by atoms with van der Waals surface area (Å²) in [5, 5.41) is 8.12. The Morgan fingerprint density at radius 2 is 1.64 bits per heavy atom. The quantitative estimate of drug-likeness (QED) is 0.767. The van der Waals surface area contributed by atoms with E-state index in [0.29, 0.717) is 6.54 Å². The molecule has 0 spiro atoms. The molecule has 1 heterocycles. The number of piperidine rings is 1. The smallest absolute Gasteiger partial charge is 0.315 e. The molecule has 138 valence electrons. The second kappa shape index (κ2) is 8.74. The van der Waals surface area contributed by atoms with Crippen LogP contribution in [0.5, 0.6) is 0 Å². The van der Waals surface area contributed by atoms with Crippen LogP contribution in [-0.2, 0) is 4.79 Å². The van der Waals surface area contributed by atoms with Crippen molar-refractivity contribution in [3.05, 3.63) is 24.3 Å². The van der Waals surface area contributed by atoms with Crippen molar-refractivity contribution >= 4 is 23.3 Å². The molecule has 1 fully saturated rings. The Morgan fingerprint density at radius 1 is 1.00 bits per heavy atom. The lowest BCUT2D eigenvalue weighted by Gasteiger charge is -2.28. The summed E-state index contributed by atoms with van der Waals surface area (Å²) in [7, 11) is 0. The standard InChI is InChI=1S/C19H30N4O2/c1-19(2,3)14-21-18(25)20-13-17(24)22-15-7-9-16(10-8-15)23-11-5-4-6-12-23/h7-10H,4-6,11-14H2,1-3H3,(H,22,24)(H2,20,21,25). The summed E-state index contributed by atoms with van der Waals surface area (Å²) >= 11 is 0. The summed E-state index contributed by atoms with van der Waals surface area (Å²) < 4.78 is 0. The van der Waals surface area contributed by atoms with E-state index >= 15 is 0 Å². The Labute approximate surface area is 150 Å². The molecule has 2 rings (SSSR count). The molecule has 0 radical (unpaired) electrons. The molecule has 6 nitrogen and oxygen atoms in total. The number of hydrogen-bond acceptors (Lipinski definition) is 3. The maximum absolute atomic E-state index is 11.9. The van der Waals surface area contributed by atoms with Crippen molar-refractivity contribution < 1.29 is 9.59 Å². The van der Waals surface area contributed by atoms with Gasteiger partial charge in [0.2, 0.25) is 5.91 Å². The summed E-state index contributed by atoms with van der Waals surface area (Å²) in [5.41, 5.74) is 1.94. The maximum Gasteiger partial charge on any atom is 0.315 e. The van der Waals surface area contributed by atoms with Crippen LogP contribution in [0.3, 0.4) is 0 Å². The van der Waals surface area contributed by atoms with Gasteiger partial charge in [-0.3, -0.25) is 4.79 Å². The van der Waals surface area contributed by atoms with Gasteiger partial charge in [0.25, 0.3) is 0 Å². The van der Waals surface area contributed by atoms with E-state index in [-0.39, 0.29) is 23.9 Å². The second-order valence-electron chi connectivity index (χ2n) is 7.74. The lowest BCUT2D eigenvalue weighted by molar-refractivity contribution is -0.115. The van der Waals surface area contributed by atoms with Gasteiger partial charge < -0.3 is 20.9 Å². The minimum atomic E-state index is -0.328. The third-order valence-corrected chi connectivity index (χ3v) is 4.06. The molecule has 0 bridgehead atoms. The van der Waals surface area contributed by atoms with E-state index in [1.54, 1.807) is 0 Å².